The first kappa shape index (κ1) is 10.7. The summed E-state index contributed by atoms with van der Waals surface area (Å²) in [5, 5.41) is 0. The summed E-state index contributed by atoms with van der Waals surface area (Å²) in [5.41, 5.74) is 1.01. The van der Waals surface area contributed by atoms with Crippen LogP contribution in [0.4, 0.5) is 16.2 Å². The van der Waals surface area contributed by atoms with Crippen molar-refractivity contribution in [2.24, 2.45) is 0 Å². The average Bonchev–Trinajstić information content (AvgIpc) is 2.31. The SMILES string of the molecule is CN1C(=O)NS(=O)(=O)N(C)c2ccccc21. The summed E-state index contributed by atoms with van der Waals surface area (Å²) in [4.78, 5) is 12.8. The van der Waals surface area contributed by atoms with Gasteiger partial charge in [-0.2, -0.15) is 8.42 Å². The molecule has 0 saturated carbocycles. The average molecular weight is 241 g/mol. The van der Waals surface area contributed by atoms with E-state index in [0.717, 1.165) is 4.31 Å². The molecule has 1 N–H and O–H groups in total. The topological polar surface area (TPSA) is 69.7 Å². The van der Waals surface area contributed by atoms with Gasteiger partial charge in [0.05, 0.1) is 11.4 Å². The molecule has 0 saturated heterocycles. The summed E-state index contributed by atoms with van der Waals surface area (Å²) in [6.45, 7) is 0. The predicted octanol–water partition coefficient (Wildman–Crippen LogP) is 0.527. The number of rotatable bonds is 0. The van der Waals surface area contributed by atoms with Gasteiger partial charge in [-0.15, -0.1) is 0 Å². The van der Waals surface area contributed by atoms with E-state index in [1.807, 2.05) is 4.72 Å². The van der Waals surface area contributed by atoms with E-state index in [4.69, 9.17) is 0 Å². The molecule has 7 heteroatoms. The van der Waals surface area contributed by atoms with E-state index in [2.05, 4.69) is 0 Å². The first-order valence-electron chi connectivity index (χ1n) is 4.57. The number of nitrogens with zero attached hydrogens (tertiary/aromatic N) is 2. The maximum absolute atomic E-state index is 11.7. The van der Waals surface area contributed by atoms with Gasteiger partial charge in [0.1, 0.15) is 0 Å². The fourth-order valence-electron chi connectivity index (χ4n) is 1.50. The van der Waals surface area contributed by atoms with E-state index in [1.165, 1.54) is 19.0 Å². The Morgan fingerprint density at radius 1 is 1.12 bits per heavy atom. The molecule has 0 spiro atoms. The molecule has 0 fully saturated rings. The molecular weight excluding hydrogens is 230 g/mol. The van der Waals surface area contributed by atoms with Crippen molar-refractivity contribution in [1.29, 1.82) is 0 Å². The highest BCUT2D eigenvalue weighted by Gasteiger charge is 2.30. The van der Waals surface area contributed by atoms with E-state index in [0.29, 0.717) is 11.4 Å². The number of amides is 2. The lowest BCUT2D eigenvalue weighted by Gasteiger charge is -2.18. The first-order valence-corrected chi connectivity index (χ1v) is 6.01. The summed E-state index contributed by atoms with van der Waals surface area (Å²) in [6, 6.07) is 6.12. The minimum absolute atomic E-state index is 0.461. The molecule has 0 unspecified atom stereocenters. The van der Waals surface area contributed by atoms with E-state index >= 15 is 0 Å². The van der Waals surface area contributed by atoms with Crippen molar-refractivity contribution in [2.75, 3.05) is 23.3 Å². The maximum atomic E-state index is 11.7. The maximum Gasteiger partial charge on any atom is 0.336 e. The van der Waals surface area contributed by atoms with Crippen molar-refractivity contribution in [3.8, 4) is 0 Å². The number of hydrogen-bond donors (Lipinski definition) is 1. The van der Waals surface area contributed by atoms with Crippen LogP contribution in [-0.4, -0.2) is 28.5 Å². The van der Waals surface area contributed by atoms with Crippen LogP contribution in [-0.2, 0) is 10.2 Å². The number of anilines is 2. The zero-order chi connectivity index (χ0) is 11.9. The van der Waals surface area contributed by atoms with Crippen molar-refractivity contribution in [1.82, 2.24) is 4.72 Å². The quantitative estimate of drug-likeness (QED) is 0.720. The van der Waals surface area contributed by atoms with Crippen LogP contribution in [0.15, 0.2) is 24.3 Å². The Kier molecular flexibility index (Phi) is 2.27. The van der Waals surface area contributed by atoms with Crippen LogP contribution >= 0.6 is 0 Å². The molecule has 1 aromatic rings. The van der Waals surface area contributed by atoms with Crippen LogP contribution in [0, 0.1) is 0 Å². The van der Waals surface area contributed by atoms with Crippen LogP contribution in [0.5, 0.6) is 0 Å². The molecule has 0 radical (unpaired) electrons. The Bertz CT molecular complexity index is 541. The number of carbonyl (C=O) groups is 1. The lowest BCUT2D eigenvalue weighted by molar-refractivity contribution is 0.252. The summed E-state index contributed by atoms with van der Waals surface area (Å²) in [7, 11) is -0.888. The van der Waals surface area contributed by atoms with Gasteiger partial charge in [0.25, 0.3) is 0 Å². The summed E-state index contributed by atoms with van der Waals surface area (Å²) >= 11 is 0. The Hall–Kier alpha value is -1.76. The molecule has 0 aromatic heterocycles. The lowest BCUT2D eigenvalue weighted by Crippen LogP contribution is -2.43. The van der Waals surface area contributed by atoms with Gasteiger partial charge in [0, 0.05) is 14.1 Å². The Labute approximate surface area is 93.6 Å². The molecule has 0 aliphatic carbocycles. The van der Waals surface area contributed by atoms with Crippen LogP contribution in [0.1, 0.15) is 0 Å². The Balaban J connectivity index is 2.69. The number of fused-ring (bicyclic) bond motifs is 1. The second kappa shape index (κ2) is 3.38. The molecule has 1 aromatic carbocycles. The number of hydrogen-bond acceptors (Lipinski definition) is 3. The Morgan fingerprint density at radius 3 is 2.31 bits per heavy atom. The van der Waals surface area contributed by atoms with E-state index in [9.17, 15) is 13.2 Å². The van der Waals surface area contributed by atoms with Crippen LogP contribution < -0.4 is 13.9 Å². The van der Waals surface area contributed by atoms with Gasteiger partial charge in [0.2, 0.25) is 0 Å². The first-order chi connectivity index (χ1) is 7.43. The number of nitrogens with one attached hydrogen (secondary N) is 1. The van der Waals surface area contributed by atoms with E-state index < -0.39 is 16.2 Å². The minimum Gasteiger partial charge on any atom is -0.295 e. The standard InChI is InChI=1S/C9H11N3O3S/c1-11-7-5-3-4-6-8(7)12(2)16(14,15)10-9(11)13/h3-6H,1-2H3,(H,10,13). The highest BCUT2D eigenvalue weighted by molar-refractivity contribution is 7.91. The van der Waals surface area contributed by atoms with Gasteiger partial charge < -0.3 is 0 Å². The normalized spacial score (nSPS) is 18.8. The number of urea groups is 1. The Morgan fingerprint density at radius 2 is 1.69 bits per heavy atom. The van der Waals surface area contributed by atoms with E-state index in [1.54, 1.807) is 24.3 Å². The largest absolute Gasteiger partial charge is 0.336 e. The highest BCUT2D eigenvalue weighted by atomic mass is 32.2. The lowest BCUT2D eigenvalue weighted by atomic mass is 10.2. The smallest absolute Gasteiger partial charge is 0.295 e. The van der Waals surface area contributed by atoms with Crippen molar-refractivity contribution in [3.63, 3.8) is 0 Å². The molecule has 1 heterocycles. The number of para-hydroxylation sites is 2. The van der Waals surface area contributed by atoms with Crippen molar-refractivity contribution >= 4 is 27.6 Å². The molecule has 6 nitrogen and oxygen atoms in total. The molecule has 0 bridgehead atoms. The van der Waals surface area contributed by atoms with Gasteiger partial charge >= 0.3 is 16.2 Å². The zero-order valence-corrected chi connectivity index (χ0v) is 9.65. The minimum atomic E-state index is -3.80. The third kappa shape index (κ3) is 1.49. The molecule has 0 atom stereocenters. The summed E-state index contributed by atoms with van der Waals surface area (Å²) in [5.74, 6) is 0. The second-order valence-corrected chi connectivity index (χ2v) is 5.13. The fourth-order valence-corrected chi connectivity index (χ4v) is 2.41. The molecular formula is C9H11N3O3S. The summed E-state index contributed by atoms with van der Waals surface area (Å²) < 4.78 is 26.4. The molecule has 2 amide bonds. The number of carbonyl (C=O) groups excluding carboxylic acids is 1. The van der Waals surface area contributed by atoms with E-state index in [-0.39, 0.29) is 0 Å². The van der Waals surface area contributed by atoms with Gasteiger partial charge in [0.15, 0.2) is 0 Å². The molecule has 1 aliphatic heterocycles. The van der Waals surface area contributed by atoms with Crippen molar-refractivity contribution in [2.45, 2.75) is 0 Å². The van der Waals surface area contributed by atoms with Gasteiger partial charge in [-0.25, -0.2) is 9.52 Å². The van der Waals surface area contributed by atoms with Gasteiger partial charge in [-0.05, 0) is 12.1 Å². The van der Waals surface area contributed by atoms with Crippen LogP contribution in [0.2, 0.25) is 0 Å². The molecule has 1 aliphatic rings. The fraction of sp³-hybridized carbons (Fsp3) is 0.222. The highest BCUT2D eigenvalue weighted by Crippen LogP contribution is 2.30. The predicted molar refractivity (Wildman–Crippen MR) is 60.7 cm³/mol. The third-order valence-corrected chi connectivity index (χ3v) is 3.81. The molecule has 16 heavy (non-hydrogen) atoms. The van der Waals surface area contributed by atoms with Crippen molar-refractivity contribution < 1.29 is 13.2 Å². The second-order valence-electron chi connectivity index (χ2n) is 3.43. The zero-order valence-electron chi connectivity index (χ0n) is 8.84. The monoisotopic (exact) mass is 241 g/mol. The summed E-state index contributed by atoms with van der Waals surface area (Å²) in [6.07, 6.45) is 0. The molecule has 2 rings (SSSR count). The molecule has 86 valence electrons. The third-order valence-electron chi connectivity index (χ3n) is 2.46. The number of benzene rings is 1. The van der Waals surface area contributed by atoms with Crippen molar-refractivity contribution in [3.05, 3.63) is 24.3 Å². The van der Waals surface area contributed by atoms with Gasteiger partial charge in [-0.3, -0.25) is 9.21 Å². The van der Waals surface area contributed by atoms with Crippen LogP contribution in [0.25, 0.3) is 0 Å². The van der Waals surface area contributed by atoms with Gasteiger partial charge in [-0.1, -0.05) is 12.1 Å². The van der Waals surface area contributed by atoms with Crippen LogP contribution in [0.3, 0.4) is 0 Å².